The van der Waals surface area contributed by atoms with Gasteiger partial charge in [0, 0.05) is 19.6 Å². The summed E-state index contributed by atoms with van der Waals surface area (Å²) in [7, 11) is -3.39. The maximum absolute atomic E-state index is 12.2. The zero-order chi connectivity index (χ0) is 14.6. The molecule has 1 aliphatic rings. The third kappa shape index (κ3) is 3.79. The summed E-state index contributed by atoms with van der Waals surface area (Å²) in [6, 6.07) is 7.79. The predicted octanol–water partition coefficient (Wildman–Crippen LogP) is 1.00. The zero-order valence-corrected chi connectivity index (χ0v) is 12.7. The number of nitrogens with one attached hydrogen (secondary N) is 1. The number of nitrogens with two attached hydrogens (primary N) is 1. The Morgan fingerprint density at radius 2 is 1.95 bits per heavy atom. The maximum Gasteiger partial charge on any atom is 0.279 e. The Kier molecular flexibility index (Phi) is 5.15. The first-order valence-corrected chi connectivity index (χ1v) is 8.46. The van der Waals surface area contributed by atoms with Crippen molar-refractivity contribution in [3.8, 4) is 0 Å². The number of aryl methyl sites for hydroxylation is 1. The van der Waals surface area contributed by atoms with E-state index in [0.717, 1.165) is 24.0 Å². The van der Waals surface area contributed by atoms with Gasteiger partial charge >= 0.3 is 0 Å². The summed E-state index contributed by atoms with van der Waals surface area (Å²) in [6.07, 6.45) is 1.70. The lowest BCUT2D eigenvalue weighted by atomic mass is 9.99. The van der Waals surface area contributed by atoms with Crippen LogP contribution in [0.1, 0.15) is 24.0 Å². The van der Waals surface area contributed by atoms with Crippen LogP contribution in [0, 0.1) is 12.8 Å². The first-order chi connectivity index (χ1) is 9.53. The van der Waals surface area contributed by atoms with Gasteiger partial charge in [0.05, 0.1) is 0 Å². The Labute approximate surface area is 121 Å². The van der Waals surface area contributed by atoms with E-state index in [-0.39, 0.29) is 0 Å². The van der Waals surface area contributed by atoms with E-state index in [4.69, 9.17) is 5.73 Å². The number of nitrogens with zero attached hydrogens (tertiary/aromatic N) is 1. The minimum atomic E-state index is -3.39. The van der Waals surface area contributed by atoms with Crippen LogP contribution >= 0.6 is 0 Å². The molecule has 0 aromatic heterocycles. The molecule has 20 heavy (non-hydrogen) atoms. The molecule has 0 spiro atoms. The molecule has 0 aliphatic carbocycles. The Hall–Kier alpha value is -0.950. The summed E-state index contributed by atoms with van der Waals surface area (Å²) in [5, 5.41) is 0. The van der Waals surface area contributed by atoms with E-state index in [1.807, 2.05) is 31.2 Å². The minimum Gasteiger partial charge on any atom is -0.330 e. The molecular formula is C14H23N3O2S. The molecule has 0 amide bonds. The van der Waals surface area contributed by atoms with Crippen molar-refractivity contribution in [2.45, 2.75) is 26.3 Å². The van der Waals surface area contributed by atoms with Gasteiger partial charge in [-0.05, 0) is 43.4 Å². The van der Waals surface area contributed by atoms with Gasteiger partial charge in [-0.25, -0.2) is 0 Å². The number of hydrogen-bond acceptors (Lipinski definition) is 3. The molecule has 0 unspecified atom stereocenters. The van der Waals surface area contributed by atoms with Crippen molar-refractivity contribution in [3.05, 3.63) is 35.4 Å². The fraction of sp³-hybridized carbons (Fsp3) is 0.571. The van der Waals surface area contributed by atoms with Gasteiger partial charge in [-0.1, -0.05) is 24.3 Å². The largest absolute Gasteiger partial charge is 0.330 e. The van der Waals surface area contributed by atoms with Gasteiger partial charge in [0.25, 0.3) is 10.2 Å². The quantitative estimate of drug-likeness (QED) is 0.851. The number of benzene rings is 1. The van der Waals surface area contributed by atoms with Crippen LogP contribution in [0.15, 0.2) is 24.3 Å². The fourth-order valence-electron chi connectivity index (χ4n) is 2.45. The van der Waals surface area contributed by atoms with E-state index in [2.05, 4.69) is 4.72 Å². The third-order valence-electron chi connectivity index (χ3n) is 3.95. The van der Waals surface area contributed by atoms with Crippen LogP contribution in [0.4, 0.5) is 0 Å². The average Bonchev–Trinajstić information content (AvgIpc) is 2.46. The Bertz CT molecular complexity index is 537. The second kappa shape index (κ2) is 6.67. The molecule has 3 N–H and O–H groups in total. The van der Waals surface area contributed by atoms with Gasteiger partial charge in [-0.3, -0.25) is 0 Å². The molecule has 2 rings (SSSR count). The minimum absolute atomic E-state index is 0.339. The summed E-state index contributed by atoms with van der Waals surface area (Å²) >= 11 is 0. The summed E-state index contributed by atoms with van der Waals surface area (Å²) in [4.78, 5) is 0. The third-order valence-corrected chi connectivity index (χ3v) is 5.51. The molecule has 112 valence electrons. The van der Waals surface area contributed by atoms with Crippen molar-refractivity contribution in [1.29, 1.82) is 0 Å². The summed E-state index contributed by atoms with van der Waals surface area (Å²) < 4.78 is 28.7. The molecule has 1 fully saturated rings. The lowest BCUT2D eigenvalue weighted by molar-refractivity contribution is 0.275. The Balaban J connectivity index is 1.93. The van der Waals surface area contributed by atoms with Crippen molar-refractivity contribution in [1.82, 2.24) is 9.03 Å². The van der Waals surface area contributed by atoms with Crippen molar-refractivity contribution in [2.24, 2.45) is 11.7 Å². The highest BCUT2D eigenvalue weighted by atomic mass is 32.2. The molecule has 5 nitrogen and oxygen atoms in total. The lowest BCUT2D eigenvalue weighted by Gasteiger charge is -2.30. The predicted molar refractivity (Wildman–Crippen MR) is 80.3 cm³/mol. The van der Waals surface area contributed by atoms with E-state index in [1.54, 1.807) is 0 Å². The van der Waals surface area contributed by atoms with Gasteiger partial charge in [0.1, 0.15) is 0 Å². The Morgan fingerprint density at radius 3 is 2.55 bits per heavy atom. The highest BCUT2D eigenvalue weighted by Gasteiger charge is 2.27. The van der Waals surface area contributed by atoms with E-state index >= 15 is 0 Å². The SMILES string of the molecule is Cc1ccccc1CNS(=O)(=O)N1CCC(CN)CC1. The van der Waals surface area contributed by atoms with E-state index in [0.29, 0.717) is 32.1 Å². The topological polar surface area (TPSA) is 75.4 Å². The highest BCUT2D eigenvalue weighted by molar-refractivity contribution is 7.87. The number of rotatable bonds is 5. The number of piperidine rings is 1. The van der Waals surface area contributed by atoms with Crippen LogP contribution in [0.3, 0.4) is 0 Å². The van der Waals surface area contributed by atoms with Crippen LogP contribution in [0.2, 0.25) is 0 Å². The molecule has 1 aromatic carbocycles. The second-order valence-electron chi connectivity index (χ2n) is 5.33. The summed E-state index contributed by atoms with van der Waals surface area (Å²) in [6.45, 7) is 4.09. The summed E-state index contributed by atoms with van der Waals surface area (Å²) in [5.74, 6) is 0.456. The lowest BCUT2D eigenvalue weighted by Crippen LogP contribution is -2.45. The molecule has 1 aromatic rings. The monoisotopic (exact) mass is 297 g/mol. The molecule has 1 aliphatic heterocycles. The molecule has 6 heteroatoms. The van der Waals surface area contributed by atoms with Crippen LogP contribution in [0.5, 0.6) is 0 Å². The average molecular weight is 297 g/mol. The van der Waals surface area contributed by atoms with Crippen LogP contribution in [-0.2, 0) is 16.8 Å². The first kappa shape index (κ1) is 15.4. The van der Waals surface area contributed by atoms with Gasteiger partial charge < -0.3 is 5.73 Å². The van der Waals surface area contributed by atoms with Crippen molar-refractivity contribution < 1.29 is 8.42 Å². The molecule has 0 radical (unpaired) electrons. The molecule has 1 saturated heterocycles. The molecular weight excluding hydrogens is 274 g/mol. The standard InChI is InChI=1S/C14H23N3O2S/c1-12-4-2-3-5-14(12)11-16-20(18,19)17-8-6-13(10-15)7-9-17/h2-5,13,16H,6-11,15H2,1H3. The summed E-state index contributed by atoms with van der Waals surface area (Å²) in [5.41, 5.74) is 7.73. The van der Waals surface area contributed by atoms with E-state index < -0.39 is 10.2 Å². The zero-order valence-electron chi connectivity index (χ0n) is 11.9. The van der Waals surface area contributed by atoms with Crippen molar-refractivity contribution >= 4 is 10.2 Å². The fourth-order valence-corrected chi connectivity index (χ4v) is 3.67. The van der Waals surface area contributed by atoms with Crippen molar-refractivity contribution in [2.75, 3.05) is 19.6 Å². The first-order valence-electron chi connectivity index (χ1n) is 7.02. The van der Waals surface area contributed by atoms with Gasteiger partial charge in [0.15, 0.2) is 0 Å². The maximum atomic E-state index is 12.2. The molecule has 1 heterocycles. The van der Waals surface area contributed by atoms with Crippen LogP contribution in [-0.4, -0.2) is 32.4 Å². The van der Waals surface area contributed by atoms with Gasteiger partial charge in [-0.15, -0.1) is 0 Å². The number of hydrogen-bond donors (Lipinski definition) is 2. The molecule has 0 saturated carbocycles. The van der Waals surface area contributed by atoms with Gasteiger partial charge in [0.2, 0.25) is 0 Å². The molecule has 0 atom stereocenters. The second-order valence-corrected chi connectivity index (χ2v) is 7.09. The molecule has 0 bridgehead atoms. The van der Waals surface area contributed by atoms with Crippen molar-refractivity contribution in [3.63, 3.8) is 0 Å². The van der Waals surface area contributed by atoms with Gasteiger partial charge in [-0.2, -0.15) is 17.4 Å². The smallest absolute Gasteiger partial charge is 0.279 e. The Morgan fingerprint density at radius 1 is 1.30 bits per heavy atom. The van der Waals surface area contributed by atoms with Crippen LogP contribution in [0.25, 0.3) is 0 Å². The highest BCUT2D eigenvalue weighted by Crippen LogP contribution is 2.18. The normalized spacial score (nSPS) is 18.3. The van der Waals surface area contributed by atoms with Crippen LogP contribution < -0.4 is 10.5 Å². The van der Waals surface area contributed by atoms with E-state index in [1.165, 1.54) is 4.31 Å². The van der Waals surface area contributed by atoms with E-state index in [9.17, 15) is 8.42 Å².